The van der Waals surface area contributed by atoms with Crippen LogP contribution in [0, 0.1) is 5.92 Å². The molecule has 3 aliphatic rings. The van der Waals surface area contributed by atoms with Crippen molar-refractivity contribution in [1.82, 2.24) is 4.90 Å². The lowest BCUT2D eigenvalue weighted by Gasteiger charge is -2.36. The summed E-state index contributed by atoms with van der Waals surface area (Å²) < 4.78 is 0. The lowest BCUT2D eigenvalue weighted by atomic mass is 9.79. The van der Waals surface area contributed by atoms with Crippen LogP contribution in [0.4, 0.5) is 11.4 Å². The summed E-state index contributed by atoms with van der Waals surface area (Å²) in [6.45, 7) is 0. The molecule has 2 fully saturated rings. The minimum atomic E-state index is -0.948. The molecule has 2 N–H and O–H groups in total. The molecule has 138 valence electrons. The van der Waals surface area contributed by atoms with Gasteiger partial charge in [0, 0.05) is 28.9 Å². The Balaban J connectivity index is 1.59. The van der Waals surface area contributed by atoms with E-state index >= 15 is 0 Å². The average molecular weight is 400 g/mol. The number of nitrogens with zero attached hydrogens (tertiary/aromatic N) is 1. The molecule has 3 heterocycles. The summed E-state index contributed by atoms with van der Waals surface area (Å²) in [4.78, 5) is 28.8. The number of thioether (sulfide) groups is 1. The summed E-state index contributed by atoms with van der Waals surface area (Å²) >= 11 is 8.04. The fourth-order valence-corrected chi connectivity index (χ4v) is 6.17. The van der Waals surface area contributed by atoms with Crippen LogP contribution in [0.5, 0.6) is 0 Å². The van der Waals surface area contributed by atoms with Gasteiger partial charge in [-0.2, -0.15) is 0 Å². The first-order valence-electron chi connectivity index (χ1n) is 8.93. The number of nitrogens with one attached hydrogen (secondary N) is 2. The number of rotatable bonds is 2. The zero-order valence-electron chi connectivity index (χ0n) is 14.4. The third-order valence-electron chi connectivity index (χ3n) is 5.83. The van der Waals surface area contributed by atoms with Gasteiger partial charge < -0.3 is 10.6 Å². The second kappa shape index (κ2) is 6.26. The van der Waals surface area contributed by atoms with Gasteiger partial charge in [-0.25, -0.2) is 0 Å². The Morgan fingerprint density at radius 1 is 1.22 bits per heavy atom. The Bertz CT molecular complexity index is 952. The summed E-state index contributed by atoms with van der Waals surface area (Å²) in [5, 5.41) is 6.46. The molecule has 0 bridgehead atoms. The van der Waals surface area contributed by atoms with Crippen molar-refractivity contribution in [3.63, 3.8) is 0 Å². The molecule has 3 atom stereocenters. The number of benzene rings is 2. The van der Waals surface area contributed by atoms with Crippen molar-refractivity contribution in [2.75, 3.05) is 22.3 Å². The van der Waals surface area contributed by atoms with E-state index in [9.17, 15) is 9.59 Å². The quantitative estimate of drug-likeness (QED) is 0.811. The lowest BCUT2D eigenvalue weighted by molar-refractivity contribution is -0.134. The largest absolute Gasteiger partial charge is 0.324 e. The molecule has 2 aromatic carbocycles. The molecule has 7 heteroatoms. The van der Waals surface area contributed by atoms with Gasteiger partial charge in [0.15, 0.2) is 0 Å². The summed E-state index contributed by atoms with van der Waals surface area (Å²) in [6.07, 6.45) is 0.658. The van der Waals surface area contributed by atoms with Crippen LogP contribution in [0.15, 0.2) is 48.5 Å². The minimum Gasteiger partial charge on any atom is -0.324 e. The van der Waals surface area contributed by atoms with E-state index in [0.717, 1.165) is 22.9 Å². The van der Waals surface area contributed by atoms with E-state index in [1.165, 1.54) is 0 Å². The summed E-state index contributed by atoms with van der Waals surface area (Å²) in [6, 6.07) is 15.1. The molecular weight excluding hydrogens is 382 g/mol. The number of anilines is 2. The molecule has 3 aliphatic heterocycles. The predicted molar refractivity (Wildman–Crippen MR) is 108 cm³/mol. The van der Waals surface area contributed by atoms with Gasteiger partial charge in [0.05, 0.1) is 16.6 Å². The zero-order chi connectivity index (χ0) is 18.6. The molecule has 2 amide bonds. The number of amides is 2. The molecule has 5 rings (SSSR count). The molecule has 0 saturated carbocycles. The number of hydrogen-bond donors (Lipinski definition) is 2. The van der Waals surface area contributed by atoms with Crippen LogP contribution in [0.25, 0.3) is 0 Å². The van der Waals surface area contributed by atoms with Crippen LogP contribution in [0.3, 0.4) is 0 Å². The monoisotopic (exact) mass is 399 g/mol. The lowest BCUT2D eigenvalue weighted by Crippen LogP contribution is -2.53. The van der Waals surface area contributed by atoms with Crippen LogP contribution in [0.2, 0.25) is 5.02 Å². The Kier molecular flexibility index (Phi) is 3.96. The van der Waals surface area contributed by atoms with E-state index in [-0.39, 0.29) is 17.9 Å². The van der Waals surface area contributed by atoms with Crippen molar-refractivity contribution >= 4 is 46.6 Å². The minimum absolute atomic E-state index is 0.104. The van der Waals surface area contributed by atoms with Crippen molar-refractivity contribution in [2.45, 2.75) is 18.0 Å². The van der Waals surface area contributed by atoms with Crippen molar-refractivity contribution in [2.24, 2.45) is 5.92 Å². The number of fused-ring (bicyclic) bond motifs is 4. The molecule has 27 heavy (non-hydrogen) atoms. The second-order valence-electron chi connectivity index (χ2n) is 7.15. The number of hydrogen-bond acceptors (Lipinski definition) is 4. The van der Waals surface area contributed by atoms with E-state index in [4.69, 9.17) is 11.6 Å². The molecular formula is C20H18ClN3O2S. The van der Waals surface area contributed by atoms with E-state index in [2.05, 4.69) is 15.5 Å². The van der Waals surface area contributed by atoms with Crippen LogP contribution in [-0.4, -0.2) is 34.4 Å². The fourth-order valence-electron chi connectivity index (χ4n) is 4.69. The molecule has 3 unspecified atom stereocenters. The van der Waals surface area contributed by atoms with Crippen molar-refractivity contribution in [3.05, 3.63) is 59.1 Å². The highest BCUT2D eigenvalue weighted by Crippen LogP contribution is 2.55. The van der Waals surface area contributed by atoms with E-state index in [1.807, 2.05) is 48.2 Å². The van der Waals surface area contributed by atoms with E-state index in [1.54, 1.807) is 12.1 Å². The molecule has 0 aliphatic carbocycles. The molecule has 0 aromatic heterocycles. The molecule has 2 saturated heterocycles. The Hall–Kier alpha value is -2.02. The van der Waals surface area contributed by atoms with Gasteiger partial charge in [-0.05, 0) is 24.6 Å². The SMILES string of the molecule is O=C(Nc1ccccc1Cl)C1CC2CSCN2C12C(=O)Nc1ccccc12. The predicted octanol–water partition coefficient (Wildman–Crippen LogP) is 3.52. The standard InChI is InChI=1S/C20H18ClN3O2S/c21-15-6-2-4-8-17(15)22-18(25)14-9-12-10-27-11-24(12)20(14)13-5-1-3-7-16(13)23-19(20)26/h1-8,12,14H,9-11H2,(H,22,25)(H,23,26). The molecule has 0 radical (unpaired) electrons. The topological polar surface area (TPSA) is 61.4 Å². The highest BCUT2D eigenvalue weighted by molar-refractivity contribution is 7.99. The van der Waals surface area contributed by atoms with Gasteiger partial charge in [0.25, 0.3) is 0 Å². The highest BCUT2D eigenvalue weighted by atomic mass is 35.5. The first-order valence-corrected chi connectivity index (χ1v) is 10.5. The first-order chi connectivity index (χ1) is 13.1. The fraction of sp³-hybridized carbons (Fsp3) is 0.300. The van der Waals surface area contributed by atoms with Crippen LogP contribution < -0.4 is 10.6 Å². The van der Waals surface area contributed by atoms with Crippen molar-refractivity contribution < 1.29 is 9.59 Å². The maximum Gasteiger partial charge on any atom is 0.250 e. The average Bonchev–Trinajstić information content (AvgIpc) is 3.32. The molecule has 2 aromatic rings. The Morgan fingerprint density at radius 2 is 2.00 bits per heavy atom. The van der Waals surface area contributed by atoms with Gasteiger partial charge in [-0.15, -0.1) is 11.8 Å². The molecule has 5 nitrogen and oxygen atoms in total. The second-order valence-corrected chi connectivity index (χ2v) is 8.55. The van der Waals surface area contributed by atoms with Crippen molar-refractivity contribution in [1.29, 1.82) is 0 Å². The van der Waals surface area contributed by atoms with E-state index < -0.39 is 11.5 Å². The normalized spacial score (nSPS) is 28.9. The van der Waals surface area contributed by atoms with Gasteiger partial charge in [0.1, 0.15) is 5.54 Å². The first kappa shape index (κ1) is 17.1. The number of para-hydroxylation sites is 2. The van der Waals surface area contributed by atoms with Gasteiger partial charge in [-0.1, -0.05) is 41.9 Å². The maximum atomic E-state index is 13.3. The number of carbonyl (C=O) groups is 2. The maximum absolute atomic E-state index is 13.3. The van der Waals surface area contributed by atoms with E-state index in [0.29, 0.717) is 17.1 Å². The van der Waals surface area contributed by atoms with Crippen LogP contribution >= 0.6 is 23.4 Å². The molecule has 1 spiro atoms. The third kappa shape index (κ3) is 2.37. The summed E-state index contributed by atoms with van der Waals surface area (Å²) in [5.41, 5.74) is 1.33. The van der Waals surface area contributed by atoms with Gasteiger partial charge >= 0.3 is 0 Å². The number of carbonyl (C=O) groups excluding carboxylic acids is 2. The number of halogens is 1. The Labute approximate surface area is 166 Å². The smallest absolute Gasteiger partial charge is 0.250 e. The summed E-state index contributed by atoms with van der Waals surface area (Å²) in [7, 11) is 0. The Morgan fingerprint density at radius 3 is 2.85 bits per heavy atom. The van der Waals surface area contributed by atoms with Crippen LogP contribution in [-0.2, 0) is 15.1 Å². The highest BCUT2D eigenvalue weighted by Gasteiger charge is 2.65. The van der Waals surface area contributed by atoms with Crippen LogP contribution in [0.1, 0.15) is 12.0 Å². The van der Waals surface area contributed by atoms with Gasteiger partial charge in [-0.3, -0.25) is 14.5 Å². The zero-order valence-corrected chi connectivity index (χ0v) is 16.0. The summed E-state index contributed by atoms with van der Waals surface area (Å²) in [5.74, 6) is 0.959. The van der Waals surface area contributed by atoms with Gasteiger partial charge in [0.2, 0.25) is 11.8 Å². The van der Waals surface area contributed by atoms with Crippen molar-refractivity contribution in [3.8, 4) is 0 Å². The third-order valence-corrected chi connectivity index (χ3v) is 7.24.